The van der Waals surface area contributed by atoms with Gasteiger partial charge in [-0.25, -0.2) is 0 Å². The summed E-state index contributed by atoms with van der Waals surface area (Å²) in [6, 6.07) is 0. The quantitative estimate of drug-likeness (QED) is 0.292. The number of methoxy groups -OCH3 is 1. The molecule has 0 aliphatic heterocycles. The van der Waals surface area contributed by atoms with E-state index >= 15 is 0 Å². The van der Waals surface area contributed by atoms with Gasteiger partial charge in [-0.3, -0.25) is 4.79 Å². The standard InChI is InChI=1S/C5H8O4.Li/c1-9-5(8)3-2-4(6)7;/h2-3H2,1H3,(H,6,7);/q;+1/p-1. The molecule has 0 aromatic rings. The Morgan fingerprint density at radius 1 is 1.40 bits per heavy atom. The summed E-state index contributed by atoms with van der Waals surface area (Å²) in [7, 11) is 1.21. The third-order valence-electron chi connectivity index (χ3n) is 0.761. The Morgan fingerprint density at radius 2 is 1.90 bits per heavy atom. The van der Waals surface area contributed by atoms with Gasteiger partial charge >= 0.3 is 24.8 Å². The summed E-state index contributed by atoms with van der Waals surface area (Å²) in [6.07, 6.45) is -0.383. The minimum Gasteiger partial charge on any atom is -0.550 e. The van der Waals surface area contributed by atoms with Crippen LogP contribution in [-0.2, 0) is 14.3 Å². The van der Waals surface area contributed by atoms with Gasteiger partial charge in [0.2, 0.25) is 0 Å². The zero-order chi connectivity index (χ0) is 7.28. The van der Waals surface area contributed by atoms with Crippen molar-refractivity contribution in [2.24, 2.45) is 0 Å². The number of hydrogen-bond acceptors (Lipinski definition) is 4. The van der Waals surface area contributed by atoms with Gasteiger partial charge in [-0.05, 0) is 6.42 Å². The molecule has 10 heavy (non-hydrogen) atoms. The van der Waals surface area contributed by atoms with Crippen molar-refractivity contribution >= 4 is 11.9 Å². The van der Waals surface area contributed by atoms with Gasteiger partial charge in [-0.2, -0.15) is 0 Å². The summed E-state index contributed by atoms with van der Waals surface area (Å²) in [6.45, 7) is 0. The van der Waals surface area contributed by atoms with Crippen molar-refractivity contribution in [1.82, 2.24) is 0 Å². The van der Waals surface area contributed by atoms with Crippen LogP contribution in [0.15, 0.2) is 0 Å². The predicted molar refractivity (Wildman–Crippen MR) is 26.3 cm³/mol. The van der Waals surface area contributed by atoms with Crippen LogP contribution in [0.1, 0.15) is 12.8 Å². The van der Waals surface area contributed by atoms with Crippen LogP contribution >= 0.6 is 0 Å². The zero-order valence-corrected chi connectivity index (χ0v) is 6.05. The molecule has 0 aliphatic rings. The van der Waals surface area contributed by atoms with Gasteiger partial charge in [0.25, 0.3) is 0 Å². The first kappa shape index (κ1) is 12.2. The molecule has 0 amide bonds. The number of aliphatic carboxylic acids is 1. The van der Waals surface area contributed by atoms with Crippen LogP contribution < -0.4 is 24.0 Å². The van der Waals surface area contributed by atoms with Crippen LogP contribution in [-0.4, -0.2) is 19.0 Å². The van der Waals surface area contributed by atoms with E-state index in [1.54, 1.807) is 0 Å². The fourth-order valence-electron chi connectivity index (χ4n) is 0.306. The molecule has 0 spiro atoms. The Kier molecular flexibility index (Phi) is 8.14. The molecule has 0 atom stereocenters. The van der Waals surface area contributed by atoms with E-state index in [0.29, 0.717) is 0 Å². The minimum absolute atomic E-state index is 0. The van der Waals surface area contributed by atoms with Crippen molar-refractivity contribution < 1.29 is 38.3 Å². The van der Waals surface area contributed by atoms with Crippen LogP contribution in [0.2, 0.25) is 0 Å². The van der Waals surface area contributed by atoms with E-state index in [9.17, 15) is 14.7 Å². The largest absolute Gasteiger partial charge is 1.00 e. The number of carbonyl (C=O) groups is 2. The Hall–Kier alpha value is -0.463. The Balaban J connectivity index is 0. The molecule has 0 rings (SSSR count). The summed E-state index contributed by atoms with van der Waals surface area (Å²) in [5.41, 5.74) is 0. The number of carboxylic acids is 1. The molecular formula is C5H7LiO4. The van der Waals surface area contributed by atoms with Gasteiger partial charge < -0.3 is 14.6 Å². The SMILES string of the molecule is COC(=O)CCC(=O)[O-].[Li+]. The van der Waals surface area contributed by atoms with Gasteiger partial charge in [0, 0.05) is 5.97 Å². The van der Waals surface area contributed by atoms with Crippen LogP contribution in [0, 0.1) is 0 Å². The smallest absolute Gasteiger partial charge is 0.550 e. The fourth-order valence-corrected chi connectivity index (χ4v) is 0.306. The number of carbonyl (C=O) groups excluding carboxylic acids is 2. The average Bonchev–Trinajstić information content (AvgIpc) is 1.83. The Bertz CT molecular complexity index is 123. The number of ether oxygens (including phenoxy) is 1. The first-order chi connectivity index (χ1) is 4.16. The summed E-state index contributed by atoms with van der Waals surface area (Å²) < 4.78 is 4.17. The molecule has 0 unspecified atom stereocenters. The maximum absolute atomic E-state index is 10.2. The van der Waals surface area contributed by atoms with E-state index in [4.69, 9.17) is 0 Å². The van der Waals surface area contributed by atoms with Crippen molar-refractivity contribution in [3.63, 3.8) is 0 Å². The van der Waals surface area contributed by atoms with Crippen molar-refractivity contribution in [3.8, 4) is 0 Å². The van der Waals surface area contributed by atoms with E-state index in [-0.39, 0.29) is 31.7 Å². The van der Waals surface area contributed by atoms with Gasteiger partial charge in [-0.15, -0.1) is 0 Å². The molecule has 0 saturated heterocycles. The van der Waals surface area contributed by atoms with Gasteiger partial charge in [0.15, 0.2) is 0 Å². The molecule has 5 heteroatoms. The first-order valence-corrected chi connectivity index (χ1v) is 2.43. The maximum atomic E-state index is 10.2. The number of hydrogen-bond donors (Lipinski definition) is 0. The second kappa shape index (κ2) is 6.65. The Labute approximate surface area is 70.7 Å². The van der Waals surface area contributed by atoms with Crippen LogP contribution in [0.25, 0.3) is 0 Å². The fraction of sp³-hybridized carbons (Fsp3) is 0.600. The average molecular weight is 138 g/mol. The van der Waals surface area contributed by atoms with Gasteiger partial charge in [-0.1, -0.05) is 0 Å². The summed E-state index contributed by atoms with van der Waals surface area (Å²) in [5.74, 6) is -1.76. The molecule has 0 saturated carbocycles. The summed E-state index contributed by atoms with van der Waals surface area (Å²) >= 11 is 0. The molecule has 0 aromatic heterocycles. The summed E-state index contributed by atoms with van der Waals surface area (Å²) in [5, 5.41) is 9.70. The second-order valence-electron chi connectivity index (χ2n) is 1.45. The minimum atomic E-state index is -1.24. The molecule has 0 radical (unpaired) electrons. The van der Waals surface area contributed by atoms with Crippen molar-refractivity contribution in [1.29, 1.82) is 0 Å². The summed E-state index contributed by atoms with van der Waals surface area (Å²) in [4.78, 5) is 19.9. The van der Waals surface area contributed by atoms with E-state index in [2.05, 4.69) is 4.74 Å². The maximum Gasteiger partial charge on any atom is 1.00 e. The van der Waals surface area contributed by atoms with Crippen LogP contribution in [0.3, 0.4) is 0 Å². The molecule has 52 valence electrons. The monoisotopic (exact) mass is 138 g/mol. The van der Waals surface area contributed by atoms with Gasteiger partial charge in [0.1, 0.15) is 0 Å². The number of esters is 1. The van der Waals surface area contributed by atoms with Crippen molar-refractivity contribution in [3.05, 3.63) is 0 Å². The normalized spacial score (nSPS) is 7.70. The van der Waals surface area contributed by atoms with E-state index in [0.717, 1.165) is 0 Å². The number of carboxylic acid groups (broad SMARTS) is 1. The molecule has 0 aliphatic carbocycles. The van der Waals surface area contributed by atoms with Crippen molar-refractivity contribution in [2.75, 3.05) is 7.11 Å². The second-order valence-corrected chi connectivity index (χ2v) is 1.45. The molecule has 0 bridgehead atoms. The third kappa shape index (κ3) is 7.54. The van der Waals surface area contributed by atoms with Crippen LogP contribution in [0.5, 0.6) is 0 Å². The van der Waals surface area contributed by atoms with E-state index < -0.39 is 11.9 Å². The molecule has 4 nitrogen and oxygen atoms in total. The first-order valence-electron chi connectivity index (χ1n) is 2.43. The molecule has 0 fully saturated rings. The Morgan fingerprint density at radius 3 is 2.20 bits per heavy atom. The predicted octanol–water partition coefficient (Wildman–Crippen LogP) is -4.31. The van der Waals surface area contributed by atoms with E-state index in [1.807, 2.05) is 0 Å². The molecule has 0 heterocycles. The van der Waals surface area contributed by atoms with E-state index in [1.165, 1.54) is 7.11 Å². The number of rotatable bonds is 3. The van der Waals surface area contributed by atoms with Gasteiger partial charge in [0.05, 0.1) is 13.5 Å². The zero-order valence-electron chi connectivity index (χ0n) is 6.05. The third-order valence-corrected chi connectivity index (χ3v) is 0.761. The van der Waals surface area contributed by atoms with Crippen molar-refractivity contribution in [2.45, 2.75) is 12.8 Å². The topological polar surface area (TPSA) is 66.4 Å². The molecule has 0 aromatic carbocycles. The molecular weight excluding hydrogens is 131 g/mol. The molecule has 0 N–H and O–H groups in total. The van der Waals surface area contributed by atoms with Crippen LogP contribution in [0.4, 0.5) is 0 Å².